The smallest absolute Gasteiger partial charge is 0.254 e. The van der Waals surface area contributed by atoms with Crippen LogP contribution in [0.4, 0.5) is 0 Å². The van der Waals surface area contributed by atoms with Crippen LogP contribution in [0.5, 0.6) is 5.75 Å². The molecule has 1 amide bonds. The zero-order chi connectivity index (χ0) is 17.3. The van der Waals surface area contributed by atoms with Gasteiger partial charge in [-0.05, 0) is 36.6 Å². The molecule has 0 atom stereocenters. The Morgan fingerprint density at radius 1 is 1.33 bits per heavy atom. The summed E-state index contributed by atoms with van der Waals surface area (Å²) in [5.41, 5.74) is 3.64. The van der Waals surface area contributed by atoms with Crippen molar-refractivity contribution in [2.75, 3.05) is 7.11 Å². The maximum absolute atomic E-state index is 12.8. The third kappa shape index (κ3) is 3.25. The van der Waals surface area contributed by atoms with Crippen molar-refractivity contribution >= 4 is 5.91 Å². The Balaban J connectivity index is 1.78. The second kappa shape index (κ2) is 6.59. The second-order valence-corrected chi connectivity index (χ2v) is 6.70. The monoisotopic (exact) mass is 325 g/mol. The summed E-state index contributed by atoms with van der Waals surface area (Å²) < 4.78 is 5.21. The molecule has 5 heteroatoms. The van der Waals surface area contributed by atoms with Gasteiger partial charge < -0.3 is 9.64 Å². The summed E-state index contributed by atoms with van der Waals surface area (Å²) in [6.07, 6.45) is 2.73. The highest BCUT2D eigenvalue weighted by Gasteiger charge is 2.27. The second-order valence-electron chi connectivity index (χ2n) is 6.70. The Kier molecular flexibility index (Phi) is 4.51. The lowest BCUT2D eigenvalue weighted by Gasteiger charge is -2.17. The molecule has 126 valence electrons. The number of amides is 1. The molecule has 5 nitrogen and oxygen atoms in total. The number of carbonyl (C=O) groups excluding carboxylic acids is 1. The number of aryl methyl sites for hydroxylation is 1. The first-order valence-electron chi connectivity index (χ1n) is 8.25. The van der Waals surface area contributed by atoms with E-state index < -0.39 is 0 Å². The Hall–Kier alpha value is -2.43. The molecule has 0 fully saturated rings. The van der Waals surface area contributed by atoms with Gasteiger partial charge >= 0.3 is 0 Å². The summed E-state index contributed by atoms with van der Waals surface area (Å²) in [6, 6.07) is 5.54. The summed E-state index contributed by atoms with van der Waals surface area (Å²) in [5, 5.41) is 0. The van der Waals surface area contributed by atoms with E-state index in [9.17, 15) is 4.79 Å². The third-order valence-corrected chi connectivity index (χ3v) is 4.25. The molecule has 1 aromatic heterocycles. The molecular weight excluding hydrogens is 302 g/mol. The standard InChI is InChI=1S/C19H23N3O2/c1-12(2)7-18-20-9-14-10-22(11-17(14)21-18)19(23)16-6-5-15(24-4)8-13(16)3/h5-6,8-9,12H,7,10-11H2,1-4H3. The summed E-state index contributed by atoms with van der Waals surface area (Å²) in [6.45, 7) is 7.35. The first kappa shape index (κ1) is 16.4. The molecule has 1 aromatic carbocycles. The molecule has 0 N–H and O–H groups in total. The van der Waals surface area contributed by atoms with Crippen LogP contribution in [-0.2, 0) is 19.5 Å². The first-order chi connectivity index (χ1) is 11.5. The molecule has 0 saturated heterocycles. The zero-order valence-corrected chi connectivity index (χ0v) is 14.7. The third-order valence-electron chi connectivity index (χ3n) is 4.25. The predicted molar refractivity (Wildman–Crippen MR) is 91.9 cm³/mol. The average Bonchev–Trinajstić information content (AvgIpc) is 2.96. The fourth-order valence-corrected chi connectivity index (χ4v) is 2.98. The van der Waals surface area contributed by atoms with Crippen LogP contribution in [0.2, 0.25) is 0 Å². The molecule has 1 aliphatic heterocycles. The number of rotatable bonds is 4. The van der Waals surface area contributed by atoms with Crippen LogP contribution in [0.1, 0.15) is 46.9 Å². The van der Waals surface area contributed by atoms with Crippen LogP contribution >= 0.6 is 0 Å². The molecule has 24 heavy (non-hydrogen) atoms. The predicted octanol–water partition coefficient (Wildman–Crippen LogP) is 3.15. The minimum atomic E-state index is 0.0264. The van der Waals surface area contributed by atoms with Crippen molar-refractivity contribution < 1.29 is 9.53 Å². The highest BCUT2D eigenvalue weighted by Crippen LogP contribution is 2.25. The minimum absolute atomic E-state index is 0.0264. The van der Waals surface area contributed by atoms with Gasteiger partial charge in [0, 0.05) is 30.3 Å². The van der Waals surface area contributed by atoms with Crippen molar-refractivity contribution in [1.82, 2.24) is 14.9 Å². The number of carbonyl (C=O) groups is 1. The molecule has 2 aromatic rings. The largest absolute Gasteiger partial charge is 0.497 e. The quantitative estimate of drug-likeness (QED) is 0.866. The maximum Gasteiger partial charge on any atom is 0.254 e. The van der Waals surface area contributed by atoms with Gasteiger partial charge in [-0.1, -0.05) is 13.8 Å². The minimum Gasteiger partial charge on any atom is -0.497 e. The molecule has 0 saturated carbocycles. The molecule has 2 heterocycles. The van der Waals surface area contributed by atoms with Gasteiger partial charge in [0.1, 0.15) is 11.6 Å². The molecule has 0 radical (unpaired) electrons. The van der Waals surface area contributed by atoms with Crippen molar-refractivity contribution in [1.29, 1.82) is 0 Å². The first-order valence-corrected chi connectivity index (χ1v) is 8.25. The molecule has 0 unspecified atom stereocenters. The highest BCUT2D eigenvalue weighted by molar-refractivity contribution is 5.96. The fraction of sp³-hybridized carbons (Fsp3) is 0.421. The number of ether oxygens (including phenoxy) is 1. The van der Waals surface area contributed by atoms with Crippen molar-refractivity contribution in [3.63, 3.8) is 0 Å². The van der Waals surface area contributed by atoms with Crippen molar-refractivity contribution in [3.05, 3.63) is 52.6 Å². The van der Waals surface area contributed by atoms with Crippen LogP contribution in [0.25, 0.3) is 0 Å². The van der Waals surface area contributed by atoms with Gasteiger partial charge in [-0.15, -0.1) is 0 Å². The molecular formula is C19H23N3O2. The van der Waals surface area contributed by atoms with E-state index in [1.54, 1.807) is 7.11 Å². The Bertz CT molecular complexity index is 771. The van der Waals surface area contributed by atoms with Crippen molar-refractivity contribution in [2.45, 2.75) is 40.3 Å². The van der Waals surface area contributed by atoms with E-state index in [0.29, 0.717) is 24.6 Å². The lowest BCUT2D eigenvalue weighted by Crippen LogP contribution is -2.26. The zero-order valence-electron chi connectivity index (χ0n) is 14.7. The topological polar surface area (TPSA) is 55.3 Å². The lowest BCUT2D eigenvalue weighted by molar-refractivity contribution is 0.0749. The van der Waals surface area contributed by atoms with Crippen molar-refractivity contribution in [2.24, 2.45) is 5.92 Å². The van der Waals surface area contributed by atoms with Gasteiger partial charge in [0.05, 0.1) is 19.3 Å². The van der Waals surface area contributed by atoms with Crippen molar-refractivity contribution in [3.8, 4) is 5.75 Å². The summed E-state index contributed by atoms with van der Waals surface area (Å²) >= 11 is 0. The van der Waals surface area contributed by atoms with Gasteiger partial charge in [0.2, 0.25) is 0 Å². The van der Waals surface area contributed by atoms with E-state index >= 15 is 0 Å². The number of benzene rings is 1. The number of fused-ring (bicyclic) bond motifs is 1. The van der Waals surface area contributed by atoms with Crippen LogP contribution in [0, 0.1) is 12.8 Å². The Morgan fingerprint density at radius 2 is 2.12 bits per heavy atom. The number of nitrogens with zero attached hydrogens (tertiary/aromatic N) is 3. The normalized spacial score (nSPS) is 13.3. The van der Waals surface area contributed by atoms with E-state index in [2.05, 4.69) is 23.8 Å². The molecule has 0 spiro atoms. The van der Waals surface area contributed by atoms with Gasteiger partial charge in [0.15, 0.2) is 0 Å². The SMILES string of the molecule is COc1ccc(C(=O)N2Cc3cnc(CC(C)C)nc3C2)c(C)c1. The van der Waals surface area contributed by atoms with E-state index in [1.807, 2.05) is 36.2 Å². The number of methoxy groups -OCH3 is 1. The van der Waals surface area contributed by atoms with E-state index in [4.69, 9.17) is 4.74 Å². The van der Waals surface area contributed by atoms with E-state index in [0.717, 1.165) is 34.8 Å². The highest BCUT2D eigenvalue weighted by atomic mass is 16.5. The van der Waals surface area contributed by atoms with E-state index in [1.165, 1.54) is 0 Å². The fourth-order valence-electron chi connectivity index (χ4n) is 2.98. The summed E-state index contributed by atoms with van der Waals surface area (Å²) in [7, 11) is 1.63. The van der Waals surface area contributed by atoms with Gasteiger partial charge in [-0.3, -0.25) is 4.79 Å². The Morgan fingerprint density at radius 3 is 2.79 bits per heavy atom. The molecule has 0 bridgehead atoms. The van der Waals surface area contributed by atoms with Crippen LogP contribution in [-0.4, -0.2) is 27.9 Å². The van der Waals surface area contributed by atoms with Gasteiger partial charge in [-0.25, -0.2) is 9.97 Å². The Labute approximate surface area is 142 Å². The number of aromatic nitrogens is 2. The van der Waals surface area contributed by atoms with Crippen LogP contribution in [0.3, 0.4) is 0 Å². The summed E-state index contributed by atoms with van der Waals surface area (Å²) in [5.74, 6) is 2.17. The molecule has 1 aliphatic rings. The van der Waals surface area contributed by atoms with Crippen LogP contribution in [0.15, 0.2) is 24.4 Å². The summed E-state index contributed by atoms with van der Waals surface area (Å²) in [4.78, 5) is 23.7. The number of hydrogen-bond donors (Lipinski definition) is 0. The molecule has 3 rings (SSSR count). The molecule has 0 aliphatic carbocycles. The van der Waals surface area contributed by atoms with E-state index in [-0.39, 0.29) is 5.91 Å². The average molecular weight is 325 g/mol. The maximum atomic E-state index is 12.8. The number of hydrogen-bond acceptors (Lipinski definition) is 4. The lowest BCUT2D eigenvalue weighted by atomic mass is 10.1. The van der Waals surface area contributed by atoms with Crippen LogP contribution < -0.4 is 4.74 Å². The van der Waals surface area contributed by atoms with Gasteiger partial charge in [-0.2, -0.15) is 0 Å². The van der Waals surface area contributed by atoms with Gasteiger partial charge in [0.25, 0.3) is 5.91 Å².